The van der Waals surface area contributed by atoms with E-state index in [0.29, 0.717) is 39.1 Å². The van der Waals surface area contributed by atoms with Gasteiger partial charge in [-0.3, -0.25) is 0 Å². The molecule has 1 aromatic rings. The molecular formula is C15H24N2O2. The van der Waals surface area contributed by atoms with Gasteiger partial charge >= 0.3 is 0 Å². The summed E-state index contributed by atoms with van der Waals surface area (Å²) in [6.07, 6.45) is 1.39. The summed E-state index contributed by atoms with van der Waals surface area (Å²) >= 11 is 0. The van der Waals surface area contributed by atoms with Crippen molar-refractivity contribution < 1.29 is 9.84 Å². The quantitative estimate of drug-likeness (QED) is 0.864. The first-order valence-corrected chi connectivity index (χ1v) is 6.85. The minimum atomic E-state index is -0.652. The van der Waals surface area contributed by atoms with Gasteiger partial charge in [0, 0.05) is 51.9 Å². The van der Waals surface area contributed by atoms with E-state index in [1.54, 1.807) is 0 Å². The first kappa shape index (κ1) is 14.3. The number of aliphatic hydroxyl groups is 1. The van der Waals surface area contributed by atoms with Crippen LogP contribution in [0.4, 0.5) is 5.69 Å². The molecule has 3 N–H and O–H groups in total. The Morgan fingerprint density at radius 2 is 2.05 bits per heavy atom. The highest BCUT2D eigenvalue weighted by Crippen LogP contribution is 2.28. The molecule has 1 aliphatic rings. The van der Waals surface area contributed by atoms with Crippen molar-refractivity contribution in [1.29, 1.82) is 0 Å². The number of ether oxygens (including phenoxy) is 1. The van der Waals surface area contributed by atoms with Crippen LogP contribution in [0.3, 0.4) is 0 Å². The van der Waals surface area contributed by atoms with Crippen LogP contribution in [0, 0.1) is 6.92 Å². The minimum absolute atomic E-state index is 0.517. The maximum Gasteiger partial charge on any atom is 0.0865 e. The van der Waals surface area contributed by atoms with Gasteiger partial charge < -0.3 is 20.5 Å². The number of nitrogens with two attached hydrogens (primary N) is 1. The Kier molecular flexibility index (Phi) is 4.45. The third-order valence-electron chi connectivity index (χ3n) is 3.88. The van der Waals surface area contributed by atoms with Crippen molar-refractivity contribution in [2.45, 2.75) is 31.9 Å². The van der Waals surface area contributed by atoms with Gasteiger partial charge in [-0.25, -0.2) is 0 Å². The fourth-order valence-corrected chi connectivity index (χ4v) is 2.86. The number of hydrogen-bond donors (Lipinski definition) is 2. The molecule has 0 amide bonds. The molecule has 0 spiro atoms. The van der Waals surface area contributed by atoms with Crippen molar-refractivity contribution in [3.63, 3.8) is 0 Å². The summed E-state index contributed by atoms with van der Waals surface area (Å²) in [6, 6.07) is 6.16. The summed E-state index contributed by atoms with van der Waals surface area (Å²) in [5.74, 6) is 0. The summed E-state index contributed by atoms with van der Waals surface area (Å²) in [4.78, 5) is 2.13. The van der Waals surface area contributed by atoms with Gasteiger partial charge in [-0.05, 0) is 18.1 Å². The lowest BCUT2D eigenvalue weighted by Crippen LogP contribution is -2.46. The van der Waals surface area contributed by atoms with Gasteiger partial charge in [0.25, 0.3) is 0 Å². The molecule has 0 saturated carbocycles. The molecule has 4 heteroatoms. The second-order valence-corrected chi connectivity index (χ2v) is 5.48. The summed E-state index contributed by atoms with van der Waals surface area (Å²) in [5, 5.41) is 10.6. The monoisotopic (exact) mass is 264 g/mol. The van der Waals surface area contributed by atoms with Gasteiger partial charge in [0.2, 0.25) is 0 Å². The largest absolute Gasteiger partial charge is 0.388 e. The molecule has 1 saturated heterocycles. The molecular weight excluding hydrogens is 240 g/mol. The van der Waals surface area contributed by atoms with Crippen molar-refractivity contribution in [2.75, 3.05) is 31.7 Å². The Labute approximate surface area is 115 Å². The molecule has 0 aromatic heterocycles. The van der Waals surface area contributed by atoms with E-state index in [0.717, 1.165) is 11.3 Å². The number of hydrogen-bond acceptors (Lipinski definition) is 4. The van der Waals surface area contributed by atoms with Crippen LogP contribution in [0.5, 0.6) is 0 Å². The average Bonchev–Trinajstić information content (AvgIpc) is 2.38. The Bertz CT molecular complexity index is 428. The SMILES string of the molecule is Cc1cccc(CN)c1N(C)CC1(O)CCOCC1. The van der Waals surface area contributed by atoms with Crippen molar-refractivity contribution in [3.8, 4) is 0 Å². The molecule has 1 fully saturated rings. The van der Waals surface area contributed by atoms with Gasteiger partial charge in [-0.15, -0.1) is 0 Å². The Balaban J connectivity index is 2.17. The van der Waals surface area contributed by atoms with E-state index < -0.39 is 5.60 Å². The highest BCUT2D eigenvalue weighted by atomic mass is 16.5. The Morgan fingerprint density at radius 1 is 1.37 bits per heavy atom. The van der Waals surface area contributed by atoms with E-state index in [2.05, 4.69) is 17.9 Å². The van der Waals surface area contributed by atoms with Crippen LogP contribution in [-0.2, 0) is 11.3 Å². The fraction of sp³-hybridized carbons (Fsp3) is 0.600. The van der Waals surface area contributed by atoms with E-state index in [9.17, 15) is 5.11 Å². The van der Waals surface area contributed by atoms with E-state index in [4.69, 9.17) is 10.5 Å². The van der Waals surface area contributed by atoms with Crippen LogP contribution in [-0.4, -0.2) is 37.5 Å². The van der Waals surface area contributed by atoms with Gasteiger partial charge in [-0.2, -0.15) is 0 Å². The maximum atomic E-state index is 10.6. The van der Waals surface area contributed by atoms with Crippen LogP contribution in [0.15, 0.2) is 18.2 Å². The maximum absolute atomic E-state index is 10.6. The molecule has 0 unspecified atom stereocenters. The predicted molar refractivity (Wildman–Crippen MR) is 77.3 cm³/mol. The molecule has 0 aliphatic carbocycles. The van der Waals surface area contributed by atoms with Crippen LogP contribution < -0.4 is 10.6 Å². The normalized spacial score (nSPS) is 18.3. The van der Waals surface area contributed by atoms with E-state index in [1.165, 1.54) is 5.56 Å². The zero-order chi connectivity index (χ0) is 13.9. The smallest absolute Gasteiger partial charge is 0.0865 e. The predicted octanol–water partition coefficient (Wildman–Crippen LogP) is 1.43. The molecule has 106 valence electrons. The number of rotatable bonds is 4. The molecule has 0 radical (unpaired) electrons. The van der Waals surface area contributed by atoms with Gasteiger partial charge in [-0.1, -0.05) is 18.2 Å². The number of likely N-dealkylation sites (N-methyl/N-ethyl adjacent to an activating group) is 1. The molecule has 19 heavy (non-hydrogen) atoms. The van der Waals surface area contributed by atoms with E-state index in [1.807, 2.05) is 19.2 Å². The van der Waals surface area contributed by atoms with Crippen molar-refractivity contribution >= 4 is 5.69 Å². The highest BCUT2D eigenvalue weighted by molar-refractivity contribution is 5.59. The number of para-hydroxylation sites is 1. The summed E-state index contributed by atoms with van der Waals surface area (Å²) < 4.78 is 5.32. The lowest BCUT2D eigenvalue weighted by Gasteiger charge is -2.37. The van der Waals surface area contributed by atoms with E-state index >= 15 is 0 Å². The third-order valence-corrected chi connectivity index (χ3v) is 3.88. The Hall–Kier alpha value is -1.10. The van der Waals surface area contributed by atoms with Crippen LogP contribution in [0.2, 0.25) is 0 Å². The van der Waals surface area contributed by atoms with Crippen LogP contribution in [0.1, 0.15) is 24.0 Å². The number of anilines is 1. The van der Waals surface area contributed by atoms with E-state index in [-0.39, 0.29) is 0 Å². The summed E-state index contributed by atoms with van der Waals surface area (Å²) in [5.41, 5.74) is 8.62. The molecule has 0 bridgehead atoms. The topological polar surface area (TPSA) is 58.7 Å². The molecule has 0 atom stereocenters. The number of aryl methyl sites for hydroxylation is 1. The second-order valence-electron chi connectivity index (χ2n) is 5.48. The molecule has 4 nitrogen and oxygen atoms in total. The fourth-order valence-electron chi connectivity index (χ4n) is 2.86. The number of nitrogens with zero attached hydrogens (tertiary/aromatic N) is 1. The van der Waals surface area contributed by atoms with Crippen molar-refractivity contribution in [2.24, 2.45) is 5.73 Å². The van der Waals surface area contributed by atoms with Gasteiger partial charge in [0.1, 0.15) is 0 Å². The zero-order valence-corrected chi connectivity index (χ0v) is 11.9. The lowest BCUT2D eigenvalue weighted by molar-refractivity contribution is -0.0572. The highest BCUT2D eigenvalue weighted by Gasteiger charge is 2.31. The van der Waals surface area contributed by atoms with Crippen molar-refractivity contribution in [3.05, 3.63) is 29.3 Å². The zero-order valence-electron chi connectivity index (χ0n) is 11.9. The van der Waals surface area contributed by atoms with Gasteiger partial charge in [0.15, 0.2) is 0 Å². The molecule has 1 heterocycles. The third kappa shape index (κ3) is 3.26. The second kappa shape index (κ2) is 5.90. The Morgan fingerprint density at radius 3 is 2.68 bits per heavy atom. The van der Waals surface area contributed by atoms with Crippen LogP contribution >= 0.6 is 0 Å². The standard InChI is InChI=1S/C15H24N2O2/c1-12-4-3-5-13(10-16)14(12)17(2)11-15(18)6-8-19-9-7-15/h3-5,18H,6-11,16H2,1-2H3. The summed E-state index contributed by atoms with van der Waals surface area (Å²) in [6.45, 7) is 4.50. The minimum Gasteiger partial charge on any atom is -0.388 e. The van der Waals surface area contributed by atoms with Gasteiger partial charge in [0.05, 0.1) is 5.60 Å². The first-order chi connectivity index (χ1) is 9.06. The summed E-state index contributed by atoms with van der Waals surface area (Å²) in [7, 11) is 2.02. The number of benzene rings is 1. The molecule has 1 aliphatic heterocycles. The van der Waals surface area contributed by atoms with Crippen LogP contribution in [0.25, 0.3) is 0 Å². The average molecular weight is 264 g/mol. The molecule has 1 aromatic carbocycles. The molecule has 2 rings (SSSR count). The van der Waals surface area contributed by atoms with Crippen molar-refractivity contribution in [1.82, 2.24) is 0 Å². The first-order valence-electron chi connectivity index (χ1n) is 6.85. The lowest BCUT2D eigenvalue weighted by atomic mass is 9.93.